The first-order valence-electron chi connectivity index (χ1n) is 9.61. The van der Waals surface area contributed by atoms with Crippen LogP contribution >= 0.6 is 15.9 Å². The first kappa shape index (κ1) is 21.3. The number of ether oxygens (including phenoxy) is 1. The minimum atomic E-state index is -0.927. The molecule has 149 valence electrons. The van der Waals surface area contributed by atoms with Crippen molar-refractivity contribution in [1.29, 1.82) is 0 Å². The smallest absolute Gasteiger partial charge is 0.308 e. The van der Waals surface area contributed by atoms with E-state index in [0.717, 1.165) is 23.1 Å². The van der Waals surface area contributed by atoms with Crippen LogP contribution in [0.25, 0.3) is 11.1 Å². The molecule has 1 aliphatic rings. The van der Waals surface area contributed by atoms with Crippen LogP contribution < -0.4 is 4.74 Å². The van der Waals surface area contributed by atoms with Gasteiger partial charge in [-0.05, 0) is 47.7 Å². The van der Waals surface area contributed by atoms with E-state index in [9.17, 15) is 4.79 Å². The molecule has 3 rings (SSSR count). The monoisotopic (exact) mass is 459 g/mol. The Morgan fingerprint density at radius 1 is 1.11 bits per heavy atom. The lowest BCUT2D eigenvalue weighted by atomic mass is 9.81. The molecule has 0 spiro atoms. The summed E-state index contributed by atoms with van der Waals surface area (Å²) in [6, 6.07) is 14.3. The second kappa shape index (κ2) is 7.77. The second-order valence-corrected chi connectivity index (χ2v) is 12.1. The van der Waals surface area contributed by atoms with Gasteiger partial charge in [-0.3, -0.25) is 4.79 Å². The van der Waals surface area contributed by atoms with E-state index in [4.69, 9.17) is 9.16 Å². The quantitative estimate of drug-likeness (QED) is 0.227. The molecule has 0 amide bonds. The van der Waals surface area contributed by atoms with Gasteiger partial charge in [-0.15, -0.1) is 0 Å². The van der Waals surface area contributed by atoms with Gasteiger partial charge in [0.1, 0.15) is 10.1 Å². The number of carbonyl (C=O) groups is 1. The van der Waals surface area contributed by atoms with Crippen LogP contribution in [0, 0.1) is 5.41 Å². The molecule has 3 nitrogen and oxygen atoms in total. The van der Waals surface area contributed by atoms with Gasteiger partial charge < -0.3 is 9.16 Å². The lowest BCUT2D eigenvalue weighted by Crippen LogP contribution is -2.40. The van der Waals surface area contributed by atoms with Gasteiger partial charge in [0.25, 0.3) is 0 Å². The minimum Gasteiger partial charge on any atom is -0.426 e. The first-order chi connectivity index (χ1) is 13.0. The van der Waals surface area contributed by atoms with Gasteiger partial charge in [0.2, 0.25) is 9.04 Å². The number of hydrogen-bond donors (Lipinski definition) is 0. The van der Waals surface area contributed by atoms with Crippen molar-refractivity contribution < 1.29 is 14.0 Å². The lowest BCUT2D eigenvalue weighted by molar-refractivity contribution is -0.131. The van der Waals surface area contributed by atoms with Gasteiger partial charge >= 0.3 is 5.97 Å². The maximum Gasteiger partial charge on any atom is 0.308 e. The number of rotatable bonds is 5. The van der Waals surface area contributed by atoms with E-state index in [1.165, 1.54) is 12.5 Å². The van der Waals surface area contributed by atoms with Gasteiger partial charge in [0, 0.05) is 12.5 Å². The van der Waals surface area contributed by atoms with E-state index >= 15 is 0 Å². The Balaban J connectivity index is 2.25. The largest absolute Gasteiger partial charge is 0.426 e. The molecule has 1 aliphatic carbocycles. The number of fused-ring (bicyclic) bond motifs is 3. The van der Waals surface area contributed by atoms with Gasteiger partial charge in [-0.25, -0.2) is 0 Å². The van der Waals surface area contributed by atoms with Crippen molar-refractivity contribution in [3.63, 3.8) is 0 Å². The molecular formula is C23H28BrO3Si. The second-order valence-electron chi connectivity index (χ2n) is 8.81. The Morgan fingerprint density at radius 3 is 2.36 bits per heavy atom. The first-order valence-corrected chi connectivity index (χ1v) is 12.8. The Kier molecular flexibility index (Phi) is 5.90. The molecule has 0 saturated heterocycles. The van der Waals surface area contributed by atoms with E-state index in [0.29, 0.717) is 5.75 Å². The zero-order valence-electron chi connectivity index (χ0n) is 17.4. The van der Waals surface area contributed by atoms with Crippen LogP contribution in [0.4, 0.5) is 0 Å². The summed E-state index contributed by atoms with van der Waals surface area (Å²) in [6.45, 7) is 12.5. The Bertz CT molecular complexity index is 888. The molecule has 0 bridgehead atoms. The van der Waals surface area contributed by atoms with Crippen molar-refractivity contribution in [2.24, 2.45) is 5.41 Å². The van der Waals surface area contributed by atoms with Gasteiger partial charge in [0.15, 0.2) is 0 Å². The predicted molar refractivity (Wildman–Crippen MR) is 119 cm³/mol. The summed E-state index contributed by atoms with van der Waals surface area (Å²) in [5, 5.41) is 0. The molecule has 28 heavy (non-hydrogen) atoms. The average Bonchev–Trinajstić information content (AvgIpc) is 2.84. The van der Waals surface area contributed by atoms with Crippen molar-refractivity contribution in [2.45, 2.75) is 57.6 Å². The summed E-state index contributed by atoms with van der Waals surface area (Å²) in [5.41, 5.74) is 4.45. The van der Waals surface area contributed by atoms with E-state index in [-0.39, 0.29) is 17.5 Å². The summed E-state index contributed by atoms with van der Waals surface area (Å²) in [5.74, 6) is 0.292. The fraction of sp³-hybridized carbons (Fsp3) is 0.435. The molecule has 1 radical (unpaired) electrons. The maximum absolute atomic E-state index is 11.7. The predicted octanol–water partition coefficient (Wildman–Crippen LogP) is 6.30. The van der Waals surface area contributed by atoms with Gasteiger partial charge in [-0.2, -0.15) is 0 Å². The third-order valence-corrected chi connectivity index (χ3v) is 7.00. The highest BCUT2D eigenvalue weighted by molar-refractivity contribution is 9.09. The van der Waals surface area contributed by atoms with Crippen LogP contribution in [0.1, 0.15) is 45.2 Å². The van der Waals surface area contributed by atoms with Crippen molar-refractivity contribution in [3.05, 3.63) is 53.6 Å². The number of esters is 1. The van der Waals surface area contributed by atoms with Gasteiger partial charge in [-0.1, -0.05) is 73.1 Å². The molecule has 2 atom stereocenters. The number of halogens is 1. The molecule has 0 fully saturated rings. The van der Waals surface area contributed by atoms with Crippen molar-refractivity contribution in [1.82, 2.24) is 0 Å². The Morgan fingerprint density at radius 2 is 1.75 bits per heavy atom. The molecule has 5 heteroatoms. The van der Waals surface area contributed by atoms with Crippen molar-refractivity contribution in [3.8, 4) is 16.9 Å². The van der Waals surface area contributed by atoms with E-state index in [1.807, 2.05) is 18.2 Å². The van der Waals surface area contributed by atoms with E-state index < -0.39 is 13.4 Å². The third kappa shape index (κ3) is 3.98. The van der Waals surface area contributed by atoms with Crippen molar-refractivity contribution in [2.75, 3.05) is 0 Å². The Labute approximate surface area is 178 Å². The van der Waals surface area contributed by atoms with E-state index in [2.05, 4.69) is 74.1 Å². The van der Waals surface area contributed by atoms with Crippen LogP contribution in [0.2, 0.25) is 13.1 Å². The van der Waals surface area contributed by atoms with E-state index in [1.54, 1.807) is 0 Å². The fourth-order valence-electron chi connectivity index (χ4n) is 3.97. The van der Waals surface area contributed by atoms with Crippen LogP contribution in [0.15, 0.2) is 42.5 Å². The molecule has 0 heterocycles. The number of benzene rings is 2. The summed E-state index contributed by atoms with van der Waals surface area (Å²) >= 11 is 4.14. The molecule has 2 aromatic rings. The number of carbonyl (C=O) groups excluding carboxylic acids is 1. The molecule has 2 unspecified atom stereocenters. The third-order valence-electron chi connectivity index (χ3n) is 4.88. The summed E-state index contributed by atoms with van der Waals surface area (Å²) in [6.07, 6.45) is 0.867. The zero-order valence-corrected chi connectivity index (χ0v) is 20.0. The number of alkyl halides is 1. The standard InChI is InChI=1S/C23H28BrO3Si/c1-15(25)26-19-13-9-12-18-21(19)16-10-7-8-11-17(16)23(18,24)20(27-28(5)6)14-22(2,3)4/h7-13,20H,14H2,1-6H3. The topological polar surface area (TPSA) is 35.5 Å². The Hall–Kier alpha value is -1.43. The molecule has 2 aromatic carbocycles. The molecule has 0 aliphatic heterocycles. The van der Waals surface area contributed by atoms with Crippen LogP contribution in [-0.2, 0) is 13.5 Å². The molecule has 0 saturated carbocycles. The van der Waals surface area contributed by atoms with Crippen LogP contribution in [-0.4, -0.2) is 21.1 Å². The number of hydrogen-bond acceptors (Lipinski definition) is 3. The molecule has 0 N–H and O–H groups in total. The van der Waals surface area contributed by atoms with Gasteiger partial charge in [0.05, 0.1) is 6.10 Å². The highest BCUT2D eigenvalue weighted by Crippen LogP contribution is 2.59. The minimum absolute atomic E-state index is 0.0358. The zero-order chi connectivity index (χ0) is 20.7. The summed E-state index contributed by atoms with van der Waals surface area (Å²) in [4.78, 5) is 11.7. The summed E-state index contributed by atoms with van der Waals surface area (Å²) < 4.78 is 11.7. The molecule has 0 aromatic heterocycles. The fourth-order valence-corrected chi connectivity index (χ4v) is 5.90. The average molecular weight is 460 g/mol. The van der Waals surface area contributed by atoms with Crippen LogP contribution in [0.3, 0.4) is 0 Å². The summed E-state index contributed by atoms with van der Waals surface area (Å²) in [7, 11) is -0.927. The maximum atomic E-state index is 11.7. The van der Waals surface area contributed by atoms with Crippen LogP contribution in [0.5, 0.6) is 5.75 Å². The lowest BCUT2D eigenvalue weighted by Gasteiger charge is -2.39. The highest BCUT2D eigenvalue weighted by Gasteiger charge is 2.49. The normalized spacial score (nSPS) is 19.3. The SMILES string of the molecule is CC(=O)Oc1cccc2c1-c1ccccc1C2(Br)C(CC(C)(C)C)O[Si](C)C. The molecular weight excluding hydrogens is 432 g/mol. The highest BCUT2D eigenvalue weighted by atomic mass is 79.9. The van der Waals surface area contributed by atoms with Crippen molar-refractivity contribution >= 4 is 30.9 Å².